The highest BCUT2D eigenvalue weighted by atomic mass is 16.6. The molecule has 12 nitrogen and oxygen atoms in total. The number of nitrogens with two attached hydrogens (primary N) is 1. The van der Waals surface area contributed by atoms with E-state index in [-0.39, 0.29) is 19.2 Å². The first-order valence-electron chi connectivity index (χ1n) is 9.31. The van der Waals surface area contributed by atoms with Gasteiger partial charge in [-0.05, 0) is 6.42 Å². The summed E-state index contributed by atoms with van der Waals surface area (Å²) in [5.41, 5.74) is 6.85. The van der Waals surface area contributed by atoms with Crippen molar-refractivity contribution >= 4 is 40.8 Å². The van der Waals surface area contributed by atoms with Gasteiger partial charge in [-0.3, -0.25) is 14.4 Å². The Hall–Kier alpha value is -3.44. The maximum absolute atomic E-state index is 11.5. The van der Waals surface area contributed by atoms with E-state index in [1.165, 1.54) is 20.8 Å². The molecule has 2 aromatic rings. The molecule has 0 spiro atoms. The Morgan fingerprint density at radius 2 is 1.77 bits per heavy atom. The smallest absolute Gasteiger partial charge is 0.303 e. The fourth-order valence-electron chi connectivity index (χ4n) is 2.88. The predicted molar refractivity (Wildman–Crippen MR) is 106 cm³/mol. The van der Waals surface area contributed by atoms with Crippen molar-refractivity contribution in [2.24, 2.45) is 5.92 Å². The first-order valence-corrected chi connectivity index (χ1v) is 9.31. The van der Waals surface area contributed by atoms with Gasteiger partial charge < -0.3 is 29.8 Å². The van der Waals surface area contributed by atoms with Crippen LogP contribution in [0.1, 0.15) is 27.2 Å². The van der Waals surface area contributed by atoms with Crippen molar-refractivity contribution in [1.82, 2.24) is 19.5 Å². The average molecular weight is 422 g/mol. The van der Waals surface area contributed by atoms with Gasteiger partial charge in [-0.2, -0.15) is 9.97 Å². The number of anilines is 2. The third-order valence-electron chi connectivity index (χ3n) is 4.25. The third-order valence-corrected chi connectivity index (χ3v) is 4.25. The van der Waals surface area contributed by atoms with E-state index in [1.807, 2.05) is 0 Å². The number of carbonyl (C=O) groups excluding carboxylic acids is 3. The van der Waals surface area contributed by atoms with Crippen molar-refractivity contribution in [2.45, 2.75) is 39.8 Å². The summed E-state index contributed by atoms with van der Waals surface area (Å²) in [6.07, 6.45) is 1.22. The summed E-state index contributed by atoms with van der Waals surface area (Å²) in [6.45, 7) is 4.04. The summed E-state index contributed by atoms with van der Waals surface area (Å²) in [5, 5.41) is 2.92. The van der Waals surface area contributed by atoms with Crippen molar-refractivity contribution in [3.05, 3.63) is 6.33 Å². The van der Waals surface area contributed by atoms with Gasteiger partial charge >= 0.3 is 17.9 Å². The van der Waals surface area contributed by atoms with Crippen LogP contribution in [0.5, 0.6) is 0 Å². The van der Waals surface area contributed by atoms with E-state index in [9.17, 15) is 14.4 Å². The number of esters is 3. The van der Waals surface area contributed by atoms with Gasteiger partial charge in [0.25, 0.3) is 0 Å². The van der Waals surface area contributed by atoms with Crippen molar-refractivity contribution in [2.75, 3.05) is 31.3 Å². The van der Waals surface area contributed by atoms with Crippen LogP contribution in [0.3, 0.4) is 0 Å². The number of nitrogen functional groups attached to an aromatic ring is 1. The number of imidazole rings is 1. The van der Waals surface area contributed by atoms with Gasteiger partial charge in [-0.15, -0.1) is 0 Å². The fraction of sp³-hybridized carbons (Fsp3) is 0.556. The van der Waals surface area contributed by atoms with Gasteiger partial charge in [-0.25, -0.2) is 4.98 Å². The predicted octanol–water partition coefficient (Wildman–Crippen LogP) is 0.514. The zero-order valence-corrected chi connectivity index (χ0v) is 17.4. The molecule has 12 heteroatoms. The van der Waals surface area contributed by atoms with Crippen LogP contribution in [-0.4, -0.2) is 63.8 Å². The lowest BCUT2D eigenvalue weighted by atomic mass is 9.99. The lowest BCUT2D eigenvalue weighted by Crippen LogP contribution is -2.35. The molecule has 0 saturated carbocycles. The number of nitrogens with one attached hydrogen (secondary N) is 1. The number of nitrogens with zero attached hydrogens (tertiary/aromatic N) is 4. The van der Waals surface area contributed by atoms with E-state index >= 15 is 0 Å². The fourth-order valence-corrected chi connectivity index (χ4v) is 2.88. The summed E-state index contributed by atoms with van der Waals surface area (Å²) >= 11 is 0. The van der Waals surface area contributed by atoms with Crippen molar-refractivity contribution in [3.63, 3.8) is 0 Å². The number of carbonyl (C=O) groups is 3. The Morgan fingerprint density at radius 1 is 1.10 bits per heavy atom. The summed E-state index contributed by atoms with van der Waals surface area (Å²) < 4.78 is 17.2. The van der Waals surface area contributed by atoms with E-state index in [1.54, 1.807) is 17.9 Å². The van der Waals surface area contributed by atoms with Crippen LogP contribution < -0.4 is 11.1 Å². The van der Waals surface area contributed by atoms with Crippen molar-refractivity contribution in [3.8, 4) is 0 Å². The second kappa shape index (κ2) is 10.4. The third kappa shape index (κ3) is 6.29. The minimum absolute atomic E-state index is 0.0138. The molecular weight excluding hydrogens is 396 g/mol. The second-order valence-corrected chi connectivity index (χ2v) is 6.59. The van der Waals surface area contributed by atoms with Crippen molar-refractivity contribution < 1.29 is 28.6 Å². The Balaban J connectivity index is 2.23. The SMILES string of the molecule is CNc1nc(N)nc2c1ncn2CCC(COC(C)=O)C(COC(C)=O)OC(C)=O. The number of fused-ring (bicyclic) bond motifs is 1. The molecule has 0 aliphatic carbocycles. The van der Waals surface area contributed by atoms with E-state index in [0.29, 0.717) is 29.9 Å². The molecule has 0 aliphatic heterocycles. The molecule has 164 valence electrons. The highest BCUT2D eigenvalue weighted by Crippen LogP contribution is 2.22. The molecule has 0 aliphatic rings. The minimum atomic E-state index is -0.784. The topological polar surface area (TPSA) is 161 Å². The van der Waals surface area contributed by atoms with Gasteiger partial charge in [0.05, 0.1) is 12.9 Å². The maximum Gasteiger partial charge on any atom is 0.303 e. The van der Waals surface area contributed by atoms with Gasteiger partial charge in [0.1, 0.15) is 12.7 Å². The highest BCUT2D eigenvalue weighted by molar-refractivity contribution is 5.83. The number of hydrogen-bond acceptors (Lipinski definition) is 11. The molecular formula is C18H26N6O6. The molecule has 0 amide bonds. The monoisotopic (exact) mass is 422 g/mol. The molecule has 0 radical (unpaired) electrons. The number of ether oxygens (including phenoxy) is 3. The molecule has 2 unspecified atom stereocenters. The number of aromatic nitrogens is 4. The summed E-state index contributed by atoms with van der Waals surface area (Å²) in [6, 6.07) is 0. The van der Waals surface area contributed by atoms with Gasteiger partial charge in [-0.1, -0.05) is 0 Å². The first kappa shape index (κ1) is 22.8. The van der Waals surface area contributed by atoms with E-state index in [2.05, 4.69) is 20.3 Å². The standard InChI is InChI=1S/C18H26N6O6/c1-10(25)28-7-13(14(30-12(3)27)8-29-11(2)26)5-6-24-9-21-15-16(20-4)22-18(19)23-17(15)24/h9,13-14H,5-8H2,1-4H3,(H3,19,20,22,23). The molecule has 3 N–H and O–H groups in total. The summed E-state index contributed by atoms with van der Waals surface area (Å²) in [7, 11) is 1.70. The summed E-state index contributed by atoms with van der Waals surface area (Å²) in [4.78, 5) is 46.7. The Kier molecular flexibility index (Phi) is 7.90. The largest absolute Gasteiger partial charge is 0.465 e. The molecule has 0 saturated heterocycles. The normalized spacial score (nSPS) is 12.8. The van der Waals surface area contributed by atoms with Crippen LogP contribution in [0.25, 0.3) is 11.2 Å². The molecule has 2 atom stereocenters. The van der Waals surface area contributed by atoms with E-state index in [4.69, 9.17) is 19.9 Å². The molecule has 30 heavy (non-hydrogen) atoms. The zero-order valence-electron chi connectivity index (χ0n) is 17.4. The Bertz CT molecular complexity index is 914. The number of hydrogen-bond donors (Lipinski definition) is 2. The van der Waals surface area contributed by atoms with Gasteiger partial charge in [0, 0.05) is 40.3 Å². The molecule has 0 fully saturated rings. The quantitative estimate of drug-likeness (QED) is 0.405. The molecule has 2 rings (SSSR count). The molecule has 0 bridgehead atoms. The zero-order chi connectivity index (χ0) is 22.3. The van der Waals surface area contributed by atoms with Crippen LogP contribution in [0.2, 0.25) is 0 Å². The summed E-state index contributed by atoms with van der Waals surface area (Å²) in [5.74, 6) is -1.35. The van der Waals surface area contributed by atoms with Crippen LogP contribution in [0.4, 0.5) is 11.8 Å². The highest BCUT2D eigenvalue weighted by Gasteiger charge is 2.27. The van der Waals surface area contributed by atoms with Crippen LogP contribution >= 0.6 is 0 Å². The van der Waals surface area contributed by atoms with E-state index < -0.39 is 29.9 Å². The Morgan fingerprint density at radius 3 is 2.37 bits per heavy atom. The first-order chi connectivity index (χ1) is 14.2. The van der Waals surface area contributed by atoms with Crippen LogP contribution in [-0.2, 0) is 35.1 Å². The van der Waals surface area contributed by atoms with Crippen LogP contribution in [0, 0.1) is 5.92 Å². The molecule has 0 aromatic carbocycles. The average Bonchev–Trinajstić information content (AvgIpc) is 3.07. The maximum atomic E-state index is 11.5. The number of rotatable bonds is 10. The lowest BCUT2D eigenvalue weighted by molar-refractivity contribution is -0.163. The van der Waals surface area contributed by atoms with Gasteiger partial charge in [0.15, 0.2) is 17.0 Å². The molecule has 2 heterocycles. The number of aryl methyl sites for hydroxylation is 1. The lowest BCUT2D eigenvalue weighted by Gasteiger charge is -2.26. The van der Waals surface area contributed by atoms with Gasteiger partial charge in [0.2, 0.25) is 5.95 Å². The van der Waals surface area contributed by atoms with E-state index in [0.717, 1.165) is 0 Å². The second-order valence-electron chi connectivity index (χ2n) is 6.59. The Labute approximate surface area is 173 Å². The van der Waals surface area contributed by atoms with Crippen molar-refractivity contribution in [1.29, 1.82) is 0 Å². The molecule has 2 aromatic heterocycles. The van der Waals surface area contributed by atoms with Crippen LogP contribution in [0.15, 0.2) is 6.33 Å². The minimum Gasteiger partial charge on any atom is -0.465 e.